The van der Waals surface area contributed by atoms with Crippen LogP contribution in [0.2, 0.25) is 0 Å². The van der Waals surface area contributed by atoms with Gasteiger partial charge in [0.05, 0.1) is 5.69 Å². The summed E-state index contributed by atoms with van der Waals surface area (Å²) < 4.78 is 12.1. The van der Waals surface area contributed by atoms with Gasteiger partial charge in [-0.1, -0.05) is 84.9 Å². The predicted molar refractivity (Wildman–Crippen MR) is 202 cm³/mol. The molecule has 0 amide bonds. The number of benzene rings is 6. The first-order chi connectivity index (χ1) is 24.7. The van der Waals surface area contributed by atoms with Crippen molar-refractivity contribution in [2.45, 2.75) is 0 Å². The minimum atomic E-state index is 0.682. The number of aromatic nitrogens is 3. The summed E-state index contributed by atoms with van der Waals surface area (Å²) in [6.45, 7) is 0. The maximum Gasteiger partial charge on any atom is 0.159 e. The zero-order valence-electron chi connectivity index (χ0n) is 26.7. The second kappa shape index (κ2) is 11.4. The lowest BCUT2D eigenvalue weighted by molar-refractivity contribution is 0.668. The Bertz CT molecular complexity index is 2700. The fourth-order valence-electron chi connectivity index (χ4n) is 6.92. The molecule has 4 heterocycles. The zero-order chi connectivity index (χ0) is 33.0. The molecule has 4 aromatic heterocycles. The first kappa shape index (κ1) is 28.2. The Morgan fingerprint density at radius 2 is 0.900 bits per heavy atom. The molecule has 5 heteroatoms. The summed E-state index contributed by atoms with van der Waals surface area (Å²) >= 11 is 0. The van der Waals surface area contributed by atoms with Crippen LogP contribution in [0.1, 0.15) is 0 Å². The summed E-state index contributed by atoms with van der Waals surface area (Å²) in [4.78, 5) is 14.3. The van der Waals surface area contributed by atoms with Crippen LogP contribution in [0.4, 0.5) is 0 Å². The van der Waals surface area contributed by atoms with E-state index in [1.54, 1.807) is 6.20 Å². The highest BCUT2D eigenvalue weighted by Crippen LogP contribution is 2.35. The zero-order valence-corrected chi connectivity index (χ0v) is 26.7. The number of nitrogens with zero attached hydrogens (tertiary/aromatic N) is 3. The van der Waals surface area contributed by atoms with Gasteiger partial charge in [-0.3, -0.25) is 4.98 Å². The minimum absolute atomic E-state index is 0.682. The van der Waals surface area contributed by atoms with Crippen molar-refractivity contribution < 1.29 is 8.83 Å². The van der Waals surface area contributed by atoms with E-state index in [1.165, 1.54) is 0 Å². The molecule has 0 N–H and O–H groups in total. The van der Waals surface area contributed by atoms with Gasteiger partial charge in [0.2, 0.25) is 0 Å². The van der Waals surface area contributed by atoms with E-state index in [1.807, 2.05) is 48.7 Å². The molecule has 234 valence electrons. The average molecular weight is 642 g/mol. The van der Waals surface area contributed by atoms with E-state index in [9.17, 15) is 0 Å². The first-order valence-electron chi connectivity index (χ1n) is 16.6. The van der Waals surface area contributed by atoms with E-state index in [-0.39, 0.29) is 0 Å². The van der Waals surface area contributed by atoms with Crippen LogP contribution in [0.5, 0.6) is 0 Å². The molecule has 6 aromatic carbocycles. The number of pyridine rings is 1. The molecule has 0 spiro atoms. The Morgan fingerprint density at radius 3 is 1.68 bits per heavy atom. The summed E-state index contributed by atoms with van der Waals surface area (Å²) in [5.41, 5.74) is 13.9. The summed E-state index contributed by atoms with van der Waals surface area (Å²) in [6, 6.07) is 52.2. The van der Waals surface area contributed by atoms with E-state index in [4.69, 9.17) is 13.8 Å². The fraction of sp³-hybridized carbons (Fsp3) is 0. The molecule has 0 aliphatic carbocycles. The number of para-hydroxylation sites is 1. The normalized spacial score (nSPS) is 11.6. The lowest BCUT2D eigenvalue weighted by atomic mass is 9.97. The van der Waals surface area contributed by atoms with Crippen LogP contribution in [0.25, 0.3) is 100 Å². The number of hydrogen-bond acceptors (Lipinski definition) is 5. The van der Waals surface area contributed by atoms with Crippen molar-refractivity contribution in [3.05, 3.63) is 164 Å². The lowest BCUT2D eigenvalue weighted by Gasteiger charge is -2.09. The van der Waals surface area contributed by atoms with Gasteiger partial charge >= 0.3 is 0 Å². The molecule has 0 aliphatic heterocycles. The van der Waals surface area contributed by atoms with Crippen molar-refractivity contribution in [1.82, 2.24) is 15.0 Å². The number of furan rings is 2. The van der Waals surface area contributed by atoms with Crippen LogP contribution in [-0.2, 0) is 0 Å². The van der Waals surface area contributed by atoms with Gasteiger partial charge in [-0.25, -0.2) is 9.97 Å². The molecule has 0 fully saturated rings. The van der Waals surface area contributed by atoms with Gasteiger partial charge < -0.3 is 8.83 Å². The maximum absolute atomic E-state index is 6.06. The van der Waals surface area contributed by atoms with Gasteiger partial charge in [-0.2, -0.15) is 0 Å². The van der Waals surface area contributed by atoms with Gasteiger partial charge in [-0.15, -0.1) is 0 Å². The molecule has 0 saturated heterocycles. The predicted octanol–water partition coefficient (Wildman–Crippen LogP) is 12.0. The molecule has 0 radical (unpaired) electrons. The van der Waals surface area contributed by atoms with Crippen molar-refractivity contribution in [2.75, 3.05) is 0 Å². The van der Waals surface area contributed by atoms with Gasteiger partial charge in [0, 0.05) is 39.7 Å². The van der Waals surface area contributed by atoms with E-state index >= 15 is 0 Å². The summed E-state index contributed by atoms with van der Waals surface area (Å²) in [5.74, 6) is 0.682. The Morgan fingerprint density at radius 1 is 0.340 bits per heavy atom. The largest absolute Gasteiger partial charge is 0.456 e. The Balaban J connectivity index is 0.968. The Hall–Kier alpha value is -6.85. The third-order valence-electron chi connectivity index (χ3n) is 9.40. The van der Waals surface area contributed by atoms with Gasteiger partial charge in [0.1, 0.15) is 22.3 Å². The molecule has 0 unspecified atom stereocenters. The van der Waals surface area contributed by atoms with Crippen LogP contribution >= 0.6 is 0 Å². The van der Waals surface area contributed by atoms with Gasteiger partial charge in [0.25, 0.3) is 0 Å². The average Bonchev–Trinajstić information content (AvgIpc) is 3.76. The first-order valence-corrected chi connectivity index (χ1v) is 16.6. The summed E-state index contributed by atoms with van der Waals surface area (Å²) in [5, 5.41) is 3.25. The Kier molecular flexibility index (Phi) is 6.42. The molecule has 0 saturated carbocycles. The van der Waals surface area contributed by atoms with Gasteiger partial charge in [0.15, 0.2) is 11.4 Å². The van der Waals surface area contributed by atoms with Crippen LogP contribution < -0.4 is 0 Å². The highest BCUT2D eigenvalue weighted by molar-refractivity contribution is 6.06. The molecule has 5 nitrogen and oxygen atoms in total. The molecule has 50 heavy (non-hydrogen) atoms. The fourth-order valence-corrected chi connectivity index (χ4v) is 6.92. The molecular weight excluding hydrogens is 615 g/mol. The molecule has 10 rings (SSSR count). The third-order valence-corrected chi connectivity index (χ3v) is 9.40. The van der Waals surface area contributed by atoms with Gasteiger partial charge in [-0.05, 0) is 100 Å². The van der Waals surface area contributed by atoms with E-state index in [0.717, 1.165) is 94.2 Å². The molecule has 0 bridgehead atoms. The van der Waals surface area contributed by atoms with Crippen molar-refractivity contribution in [3.8, 4) is 56.0 Å². The highest BCUT2D eigenvalue weighted by Gasteiger charge is 2.13. The quantitative estimate of drug-likeness (QED) is 0.187. The van der Waals surface area contributed by atoms with E-state index in [0.29, 0.717) is 5.82 Å². The number of fused-ring (bicyclic) bond motifs is 6. The van der Waals surface area contributed by atoms with Crippen molar-refractivity contribution in [1.29, 1.82) is 0 Å². The summed E-state index contributed by atoms with van der Waals surface area (Å²) in [7, 11) is 0. The smallest absolute Gasteiger partial charge is 0.159 e. The SMILES string of the molecule is c1cc(-c2cccc(-c3nccc(-c4cccc(-c5ccc6oc7ccccc7c6c5)c4)n3)c2)cc(-c2ccc3oc4cccnc4c3c2)c1. The van der Waals surface area contributed by atoms with Crippen LogP contribution in [-0.4, -0.2) is 15.0 Å². The third kappa shape index (κ3) is 4.83. The molecule has 0 aliphatic rings. The molecule has 10 aromatic rings. The second-order valence-corrected chi connectivity index (χ2v) is 12.5. The molecule has 0 atom stereocenters. The second-order valence-electron chi connectivity index (χ2n) is 12.5. The number of rotatable bonds is 5. The van der Waals surface area contributed by atoms with E-state index < -0.39 is 0 Å². The van der Waals surface area contributed by atoms with Crippen LogP contribution in [0, 0.1) is 0 Å². The minimum Gasteiger partial charge on any atom is -0.456 e. The van der Waals surface area contributed by atoms with Crippen LogP contribution in [0.15, 0.2) is 173 Å². The van der Waals surface area contributed by atoms with E-state index in [2.05, 4.69) is 119 Å². The summed E-state index contributed by atoms with van der Waals surface area (Å²) in [6.07, 6.45) is 3.64. The topological polar surface area (TPSA) is 65.0 Å². The maximum atomic E-state index is 6.06. The number of hydrogen-bond donors (Lipinski definition) is 0. The highest BCUT2D eigenvalue weighted by atomic mass is 16.3. The standard InChI is InChI=1S/C45H27N3O2/c1-2-14-40-36(13-1)37-26-32(16-18-41(37)49-40)30-9-4-11-34(24-30)39-20-22-47-45(48-39)35-12-5-10-31(25-35)28-7-3-8-29(23-28)33-17-19-42-38(27-33)44-43(50-42)15-6-21-46-44/h1-27H. The van der Waals surface area contributed by atoms with Crippen molar-refractivity contribution in [3.63, 3.8) is 0 Å². The monoisotopic (exact) mass is 641 g/mol. The molecular formula is C45H27N3O2. The van der Waals surface area contributed by atoms with Crippen molar-refractivity contribution >= 4 is 44.0 Å². The lowest BCUT2D eigenvalue weighted by Crippen LogP contribution is -1.92. The van der Waals surface area contributed by atoms with Crippen molar-refractivity contribution in [2.24, 2.45) is 0 Å². The van der Waals surface area contributed by atoms with Crippen LogP contribution in [0.3, 0.4) is 0 Å². The Labute approximate surface area is 287 Å².